The lowest BCUT2D eigenvalue weighted by atomic mass is 9.95. The van der Waals surface area contributed by atoms with Gasteiger partial charge in [0.1, 0.15) is 11.5 Å². The number of hydrogen-bond acceptors (Lipinski definition) is 6. The Balaban J connectivity index is 1.77. The Hall–Kier alpha value is -3.13. The largest absolute Gasteiger partial charge is 0.507 e. The number of aliphatic hydroxyl groups is 1. The average Bonchev–Trinajstić information content (AvgIpc) is 2.86. The van der Waals surface area contributed by atoms with Crippen molar-refractivity contribution in [1.29, 1.82) is 0 Å². The molecule has 4 rings (SSSR count). The highest BCUT2D eigenvalue weighted by molar-refractivity contribution is 5.42. The number of aromatic nitrogens is 1. The molecule has 3 aromatic rings. The SMILES string of the molecule is COc1ccc(C(c2c(O)cc(C)n(Cc3ccccc3)c2=O)N2CCN(CCO)CC2)cc1. The first-order valence-corrected chi connectivity index (χ1v) is 11.7. The first kappa shape index (κ1) is 24.0. The molecule has 1 unspecified atom stereocenters. The Bertz CT molecular complexity index is 1140. The van der Waals surface area contributed by atoms with Gasteiger partial charge >= 0.3 is 0 Å². The van der Waals surface area contributed by atoms with E-state index in [0.29, 0.717) is 18.7 Å². The second-order valence-electron chi connectivity index (χ2n) is 8.74. The maximum Gasteiger partial charge on any atom is 0.259 e. The van der Waals surface area contributed by atoms with Crippen LogP contribution in [0.1, 0.15) is 28.4 Å². The van der Waals surface area contributed by atoms with E-state index in [-0.39, 0.29) is 17.9 Å². The van der Waals surface area contributed by atoms with Crippen molar-refractivity contribution >= 4 is 0 Å². The van der Waals surface area contributed by atoms with Crippen molar-refractivity contribution in [3.63, 3.8) is 0 Å². The van der Waals surface area contributed by atoms with E-state index >= 15 is 0 Å². The lowest BCUT2D eigenvalue weighted by Crippen LogP contribution is -2.49. The van der Waals surface area contributed by atoms with Gasteiger partial charge in [0.2, 0.25) is 0 Å². The summed E-state index contributed by atoms with van der Waals surface area (Å²) >= 11 is 0. The zero-order chi connectivity index (χ0) is 24.1. The van der Waals surface area contributed by atoms with E-state index in [1.807, 2.05) is 61.5 Å². The van der Waals surface area contributed by atoms with Gasteiger partial charge in [-0.15, -0.1) is 0 Å². The fourth-order valence-corrected chi connectivity index (χ4v) is 4.72. The van der Waals surface area contributed by atoms with Crippen LogP contribution in [0.15, 0.2) is 65.5 Å². The van der Waals surface area contributed by atoms with Crippen LogP contribution >= 0.6 is 0 Å². The zero-order valence-corrected chi connectivity index (χ0v) is 19.9. The molecule has 7 heteroatoms. The number of aromatic hydroxyl groups is 1. The van der Waals surface area contributed by atoms with Gasteiger partial charge in [0.05, 0.1) is 31.9 Å². The standard InChI is InChI=1S/C27H33N3O4/c1-20-18-24(32)25(27(33)30(20)19-21-6-4-3-5-7-21)26(22-8-10-23(34-2)11-9-22)29-14-12-28(13-15-29)16-17-31/h3-11,18,26,31-32H,12-17,19H2,1-2H3. The van der Waals surface area contributed by atoms with Crippen molar-refractivity contribution in [3.8, 4) is 11.5 Å². The van der Waals surface area contributed by atoms with Gasteiger partial charge < -0.3 is 19.5 Å². The van der Waals surface area contributed by atoms with E-state index in [4.69, 9.17) is 4.74 Å². The summed E-state index contributed by atoms with van der Waals surface area (Å²) in [7, 11) is 1.63. The molecule has 0 bridgehead atoms. The summed E-state index contributed by atoms with van der Waals surface area (Å²) in [6.45, 7) is 6.09. The van der Waals surface area contributed by atoms with Crippen molar-refractivity contribution in [2.24, 2.45) is 0 Å². The number of nitrogens with zero attached hydrogens (tertiary/aromatic N) is 3. The Morgan fingerprint density at radius 1 is 1.00 bits per heavy atom. The van der Waals surface area contributed by atoms with Crippen LogP contribution in [-0.4, -0.2) is 71.0 Å². The van der Waals surface area contributed by atoms with Gasteiger partial charge in [-0.1, -0.05) is 42.5 Å². The third-order valence-corrected chi connectivity index (χ3v) is 6.60. The number of β-amino-alcohol motifs (C(OH)–C–C–N with tert-alkyl or cyclic N) is 1. The zero-order valence-electron chi connectivity index (χ0n) is 19.9. The average molecular weight is 464 g/mol. The minimum absolute atomic E-state index is 0.0189. The van der Waals surface area contributed by atoms with E-state index in [0.717, 1.165) is 48.7 Å². The Labute approximate surface area is 200 Å². The molecule has 1 atom stereocenters. The topological polar surface area (TPSA) is 78.2 Å². The molecule has 34 heavy (non-hydrogen) atoms. The molecular weight excluding hydrogens is 430 g/mol. The number of hydrogen-bond donors (Lipinski definition) is 2. The van der Waals surface area contributed by atoms with Crippen molar-refractivity contribution in [2.75, 3.05) is 46.4 Å². The fraction of sp³-hybridized carbons (Fsp3) is 0.370. The number of piperazine rings is 1. The predicted molar refractivity (Wildman–Crippen MR) is 133 cm³/mol. The molecule has 0 saturated carbocycles. The Morgan fingerprint density at radius 3 is 2.29 bits per heavy atom. The van der Waals surface area contributed by atoms with E-state index in [9.17, 15) is 15.0 Å². The van der Waals surface area contributed by atoms with Crippen LogP contribution in [0.3, 0.4) is 0 Å². The van der Waals surface area contributed by atoms with Gasteiger partial charge in [-0.3, -0.25) is 14.6 Å². The van der Waals surface area contributed by atoms with Crippen molar-refractivity contribution in [3.05, 3.63) is 93.4 Å². The molecule has 1 aliphatic rings. The van der Waals surface area contributed by atoms with Crippen LogP contribution in [0, 0.1) is 6.92 Å². The maximum absolute atomic E-state index is 13.9. The summed E-state index contributed by atoms with van der Waals surface area (Å²) in [6, 6.07) is 18.9. The van der Waals surface area contributed by atoms with Crippen LogP contribution in [0.25, 0.3) is 0 Å². The second kappa shape index (κ2) is 10.9. The molecule has 1 saturated heterocycles. The third kappa shape index (κ3) is 5.17. The van der Waals surface area contributed by atoms with Crippen molar-refractivity contribution in [2.45, 2.75) is 19.5 Å². The molecule has 1 aromatic heterocycles. The van der Waals surface area contributed by atoms with Crippen LogP contribution in [-0.2, 0) is 6.54 Å². The number of aliphatic hydroxyl groups excluding tert-OH is 1. The highest BCUT2D eigenvalue weighted by atomic mass is 16.5. The number of ether oxygens (including phenoxy) is 1. The Morgan fingerprint density at radius 2 is 1.68 bits per heavy atom. The number of pyridine rings is 1. The predicted octanol–water partition coefficient (Wildman–Crippen LogP) is 2.62. The molecule has 0 spiro atoms. The molecule has 7 nitrogen and oxygen atoms in total. The van der Waals surface area contributed by atoms with Crippen molar-refractivity contribution in [1.82, 2.24) is 14.4 Å². The quantitative estimate of drug-likeness (QED) is 0.535. The van der Waals surface area contributed by atoms with Crippen molar-refractivity contribution < 1.29 is 14.9 Å². The molecule has 2 N–H and O–H groups in total. The fourth-order valence-electron chi connectivity index (χ4n) is 4.72. The number of benzene rings is 2. The minimum atomic E-state index is -0.391. The summed E-state index contributed by atoms with van der Waals surface area (Å²) in [4.78, 5) is 18.3. The summed E-state index contributed by atoms with van der Waals surface area (Å²) in [5.41, 5.74) is 2.89. The molecule has 0 amide bonds. The first-order chi connectivity index (χ1) is 16.5. The number of aryl methyl sites for hydroxylation is 1. The molecule has 2 heterocycles. The lowest BCUT2D eigenvalue weighted by Gasteiger charge is -2.39. The van der Waals surface area contributed by atoms with Gasteiger partial charge in [0.25, 0.3) is 5.56 Å². The molecule has 2 aromatic carbocycles. The molecule has 180 valence electrons. The highest BCUT2D eigenvalue weighted by Gasteiger charge is 2.31. The van der Waals surface area contributed by atoms with Crippen LogP contribution in [0.5, 0.6) is 11.5 Å². The monoisotopic (exact) mass is 463 g/mol. The third-order valence-electron chi connectivity index (χ3n) is 6.60. The second-order valence-corrected chi connectivity index (χ2v) is 8.74. The summed E-state index contributed by atoms with van der Waals surface area (Å²) in [5, 5.41) is 20.4. The van der Waals surface area contributed by atoms with Crippen LogP contribution < -0.4 is 10.3 Å². The number of rotatable bonds is 8. The molecule has 1 aliphatic heterocycles. The van der Waals surface area contributed by atoms with Crippen LogP contribution in [0.2, 0.25) is 0 Å². The van der Waals surface area contributed by atoms with Crippen LogP contribution in [0.4, 0.5) is 0 Å². The van der Waals surface area contributed by atoms with Gasteiger partial charge in [-0.05, 0) is 36.2 Å². The summed E-state index contributed by atoms with van der Waals surface area (Å²) < 4.78 is 7.07. The van der Waals surface area contributed by atoms with Gasteiger partial charge in [-0.2, -0.15) is 0 Å². The minimum Gasteiger partial charge on any atom is -0.507 e. The molecule has 0 radical (unpaired) electrons. The highest BCUT2D eigenvalue weighted by Crippen LogP contribution is 2.34. The van der Waals surface area contributed by atoms with Gasteiger partial charge in [-0.25, -0.2) is 0 Å². The van der Waals surface area contributed by atoms with E-state index in [2.05, 4.69) is 9.80 Å². The summed E-state index contributed by atoms with van der Waals surface area (Å²) in [6.07, 6.45) is 0. The number of methoxy groups -OCH3 is 1. The lowest BCUT2D eigenvalue weighted by molar-refractivity contribution is 0.0932. The van der Waals surface area contributed by atoms with E-state index < -0.39 is 6.04 Å². The van der Waals surface area contributed by atoms with Gasteiger partial charge in [0.15, 0.2) is 0 Å². The Kier molecular flexibility index (Phi) is 7.67. The van der Waals surface area contributed by atoms with E-state index in [1.54, 1.807) is 17.7 Å². The maximum atomic E-state index is 13.9. The first-order valence-electron chi connectivity index (χ1n) is 11.7. The van der Waals surface area contributed by atoms with E-state index in [1.165, 1.54) is 0 Å². The smallest absolute Gasteiger partial charge is 0.259 e. The molecule has 0 aliphatic carbocycles. The normalized spacial score (nSPS) is 15.9. The molecular formula is C27H33N3O4. The summed E-state index contributed by atoms with van der Waals surface area (Å²) in [5.74, 6) is 0.760. The van der Waals surface area contributed by atoms with Gasteiger partial charge in [0, 0.05) is 38.4 Å². The molecule has 1 fully saturated rings.